The number of nitrogens with zero attached hydrogens (tertiary/aromatic N) is 4. The van der Waals surface area contributed by atoms with Gasteiger partial charge in [0.1, 0.15) is 5.03 Å². The van der Waals surface area contributed by atoms with Crippen LogP contribution < -0.4 is 5.73 Å². The summed E-state index contributed by atoms with van der Waals surface area (Å²) in [5, 5.41) is 15.2. The van der Waals surface area contributed by atoms with E-state index in [1.54, 1.807) is 15.9 Å². The van der Waals surface area contributed by atoms with Crippen molar-refractivity contribution in [1.29, 1.82) is 0 Å². The molecule has 1 atom stereocenters. The molecule has 0 spiro atoms. The average Bonchev–Trinajstić information content (AvgIpc) is 3.12. The molecular weight excluding hydrogens is 306 g/mol. The predicted octanol–water partition coefficient (Wildman–Crippen LogP) is 2.21. The fourth-order valence-corrected chi connectivity index (χ4v) is 3.43. The highest BCUT2D eigenvalue weighted by Gasteiger charge is 2.17. The highest BCUT2D eigenvalue weighted by molar-refractivity contribution is 8.00. The molecule has 1 amide bonds. The molecule has 0 aromatic carbocycles. The summed E-state index contributed by atoms with van der Waals surface area (Å²) in [5.41, 5.74) is 6.05. The highest BCUT2D eigenvalue weighted by Crippen LogP contribution is 2.26. The lowest BCUT2D eigenvalue weighted by atomic mass is 10.3. The second kappa shape index (κ2) is 5.82. The molecule has 1 unspecified atom stereocenters. The van der Waals surface area contributed by atoms with Crippen LogP contribution in [0.1, 0.15) is 13.3 Å². The standard InChI is InChI=1S/C13H13N5OS2/c1-2-8(12(14)19)21-11-6-5-10-15-16-13(18(10)17-11)9-4-3-7-20-9/h3-8H,2H2,1H3,(H2,14,19). The zero-order valence-electron chi connectivity index (χ0n) is 11.3. The second-order valence-corrected chi connectivity index (χ2v) is 6.53. The van der Waals surface area contributed by atoms with Crippen molar-refractivity contribution in [3.63, 3.8) is 0 Å². The number of hydrogen-bond acceptors (Lipinski definition) is 6. The first-order valence-corrected chi connectivity index (χ1v) is 8.17. The largest absolute Gasteiger partial charge is 0.369 e. The number of primary amides is 1. The molecule has 0 saturated carbocycles. The number of aromatic nitrogens is 4. The number of fused-ring (bicyclic) bond motifs is 1. The number of amides is 1. The molecule has 6 nitrogen and oxygen atoms in total. The lowest BCUT2D eigenvalue weighted by Gasteiger charge is -2.09. The van der Waals surface area contributed by atoms with Gasteiger partial charge < -0.3 is 5.73 Å². The molecule has 8 heteroatoms. The first kappa shape index (κ1) is 14.0. The summed E-state index contributed by atoms with van der Waals surface area (Å²) >= 11 is 2.94. The van der Waals surface area contributed by atoms with Crippen molar-refractivity contribution in [3.8, 4) is 10.7 Å². The maximum absolute atomic E-state index is 11.3. The first-order chi connectivity index (χ1) is 10.2. The van der Waals surface area contributed by atoms with Crippen molar-refractivity contribution < 1.29 is 4.79 Å². The molecule has 0 aliphatic rings. The average molecular weight is 319 g/mol. The Bertz CT molecular complexity index is 768. The Morgan fingerprint density at radius 3 is 2.95 bits per heavy atom. The molecule has 0 aliphatic carbocycles. The Morgan fingerprint density at radius 1 is 1.43 bits per heavy atom. The van der Waals surface area contributed by atoms with E-state index in [4.69, 9.17) is 5.73 Å². The van der Waals surface area contributed by atoms with Gasteiger partial charge in [-0.2, -0.15) is 9.61 Å². The third kappa shape index (κ3) is 2.77. The van der Waals surface area contributed by atoms with E-state index in [9.17, 15) is 4.79 Å². The maximum atomic E-state index is 11.3. The van der Waals surface area contributed by atoms with E-state index in [1.165, 1.54) is 11.8 Å². The molecule has 3 aromatic rings. The summed E-state index contributed by atoms with van der Waals surface area (Å²) in [6, 6.07) is 7.60. The number of nitrogens with two attached hydrogens (primary N) is 1. The van der Waals surface area contributed by atoms with Gasteiger partial charge in [0.15, 0.2) is 11.5 Å². The summed E-state index contributed by atoms with van der Waals surface area (Å²) in [6.45, 7) is 1.93. The van der Waals surface area contributed by atoms with E-state index >= 15 is 0 Å². The van der Waals surface area contributed by atoms with Crippen LogP contribution in [0.2, 0.25) is 0 Å². The maximum Gasteiger partial charge on any atom is 0.230 e. The second-order valence-electron chi connectivity index (χ2n) is 4.36. The van der Waals surface area contributed by atoms with E-state index in [0.717, 1.165) is 9.90 Å². The Labute approximate surface area is 129 Å². The number of thiophene rings is 1. The molecule has 21 heavy (non-hydrogen) atoms. The zero-order chi connectivity index (χ0) is 14.8. The Balaban J connectivity index is 1.99. The molecule has 3 rings (SSSR count). The van der Waals surface area contributed by atoms with Crippen LogP contribution >= 0.6 is 23.1 Å². The Morgan fingerprint density at radius 2 is 2.29 bits per heavy atom. The molecule has 108 valence electrons. The van der Waals surface area contributed by atoms with Gasteiger partial charge in [-0.15, -0.1) is 21.5 Å². The lowest BCUT2D eigenvalue weighted by molar-refractivity contribution is -0.117. The van der Waals surface area contributed by atoms with Crippen LogP contribution in [0.4, 0.5) is 0 Å². The normalized spacial score (nSPS) is 12.6. The fourth-order valence-electron chi connectivity index (χ4n) is 1.88. The van der Waals surface area contributed by atoms with E-state index in [0.29, 0.717) is 17.9 Å². The van der Waals surface area contributed by atoms with Crippen LogP contribution in [0.5, 0.6) is 0 Å². The summed E-state index contributed by atoms with van der Waals surface area (Å²) in [7, 11) is 0. The summed E-state index contributed by atoms with van der Waals surface area (Å²) in [6.07, 6.45) is 0.666. The van der Waals surface area contributed by atoms with Crippen molar-refractivity contribution in [2.24, 2.45) is 5.73 Å². The fraction of sp³-hybridized carbons (Fsp3) is 0.231. The number of carbonyl (C=O) groups excluding carboxylic acids is 1. The molecule has 0 radical (unpaired) electrons. The number of hydrogen-bond donors (Lipinski definition) is 1. The molecule has 2 N–H and O–H groups in total. The van der Waals surface area contributed by atoms with Crippen LogP contribution in [0, 0.1) is 0 Å². The SMILES string of the molecule is CCC(Sc1ccc2nnc(-c3cccs3)n2n1)C(N)=O. The lowest BCUT2D eigenvalue weighted by Crippen LogP contribution is -2.25. The molecule has 0 aliphatic heterocycles. The molecule has 0 fully saturated rings. The smallest absolute Gasteiger partial charge is 0.230 e. The van der Waals surface area contributed by atoms with Crippen LogP contribution in [0.25, 0.3) is 16.3 Å². The Kier molecular flexibility index (Phi) is 3.89. The summed E-state index contributed by atoms with van der Waals surface area (Å²) in [4.78, 5) is 12.3. The van der Waals surface area contributed by atoms with Crippen molar-refractivity contribution in [1.82, 2.24) is 19.8 Å². The molecule has 3 heterocycles. The first-order valence-electron chi connectivity index (χ1n) is 6.41. The van der Waals surface area contributed by atoms with Crippen LogP contribution in [0.15, 0.2) is 34.7 Å². The van der Waals surface area contributed by atoms with Gasteiger partial charge in [0.05, 0.1) is 10.1 Å². The van der Waals surface area contributed by atoms with Crippen LogP contribution in [0.3, 0.4) is 0 Å². The molecule has 3 aromatic heterocycles. The van der Waals surface area contributed by atoms with Gasteiger partial charge in [-0.3, -0.25) is 4.79 Å². The quantitative estimate of drug-likeness (QED) is 0.729. The minimum atomic E-state index is -0.327. The predicted molar refractivity (Wildman–Crippen MR) is 83.2 cm³/mol. The van der Waals surface area contributed by atoms with E-state index in [2.05, 4.69) is 15.3 Å². The van der Waals surface area contributed by atoms with Gasteiger partial charge in [-0.25, -0.2) is 0 Å². The van der Waals surface area contributed by atoms with Crippen LogP contribution in [-0.2, 0) is 4.79 Å². The molecule has 0 saturated heterocycles. The van der Waals surface area contributed by atoms with E-state index < -0.39 is 0 Å². The third-order valence-electron chi connectivity index (χ3n) is 2.93. The number of thioether (sulfide) groups is 1. The van der Waals surface area contributed by atoms with E-state index in [1.807, 2.05) is 36.6 Å². The highest BCUT2D eigenvalue weighted by atomic mass is 32.2. The van der Waals surface area contributed by atoms with Gasteiger partial charge in [0.25, 0.3) is 0 Å². The van der Waals surface area contributed by atoms with Crippen molar-refractivity contribution in [2.45, 2.75) is 23.6 Å². The summed E-state index contributed by atoms with van der Waals surface area (Å²) in [5.74, 6) is 0.376. The monoisotopic (exact) mass is 319 g/mol. The Hall–Kier alpha value is -1.93. The van der Waals surface area contributed by atoms with Gasteiger partial charge >= 0.3 is 0 Å². The molecular formula is C13H13N5OS2. The van der Waals surface area contributed by atoms with Crippen molar-refractivity contribution in [2.75, 3.05) is 0 Å². The van der Waals surface area contributed by atoms with Gasteiger partial charge in [0, 0.05) is 0 Å². The summed E-state index contributed by atoms with van der Waals surface area (Å²) < 4.78 is 1.70. The minimum absolute atomic E-state index is 0.281. The van der Waals surface area contributed by atoms with Crippen molar-refractivity contribution >= 4 is 34.7 Å². The third-order valence-corrected chi connectivity index (χ3v) is 5.11. The zero-order valence-corrected chi connectivity index (χ0v) is 12.9. The van der Waals surface area contributed by atoms with Crippen molar-refractivity contribution in [3.05, 3.63) is 29.6 Å². The van der Waals surface area contributed by atoms with Gasteiger partial charge in [0.2, 0.25) is 5.91 Å². The molecule has 0 bridgehead atoms. The van der Waals surface area contributed by atoms with Gasteiger partial charge in [-0.05, 0) is 30.0 Å². The number of rotatable bonds is 5. The van der Waals surface area contributed by atoms with Crippen LogP contribution in [-0.4, -0.2) is 31.0 Å². The van der Waals surface area contributed by atoms with Gasteiger partial charge in [-0.1, -0.05) is 24.8 Å². The minimum Gasteiger partial charge on any atom is -0.369 e. The topological polar surface area (TPSA) is 86.2 Å². The number of carbonyl (C=O) groups is 1. The van der Waals surface area contributed by atoms with E-state index in [-0.39, 0.29) is 11.2 Å².